The Hall–Kier alpha value is -2.75. The van der Waals surface area contributed by atoms with Crippen molar-refractivity contribution in [2.45, 2.75) is 0 Å². The van der Waals surface area contributed by atoms with E-state index in [1.165, 1.54) is 12.1 Å². The Morgan fingerprint density at radius 2 is 1.62 bits per heavy atom. The molecule has 0 aliphatic rings. The number of ketones is 1. The molecule has 0 aliphatic heterocycles. The molecule has 0 unspecified atom stereocenters. The van der Waals surface area contributed by atoms with Crippen LogP contribution < -0.4 is 9.47 Å². The van der Waals surface area contributed by atoms with E-state index in [-0.39, 0.29) is 17.1 Å². The van der Waals surface area contributed by atoms with E-state index in [0.717, 1.165) is 0 Å². The molecular weight excluding hydrogens is 268 g/mol. The number of ether oxygens (including phenoxy) is 2. The molecule has 0 fully saturated rings. The molecule has 0 saturated heterocycles. The molecule has 2 aromatic rings. The Bertz CT molecular complexity index is 652. The van der Waals surface area contributed by atoms with Gasteiger partial charge in [-0.3, -0.25) is 4.79 Å². The number of aromatic hydroxyl groups is 1. The summed E-state index contributed by atoms with van der Waals surface area (Å²) in [5.74, 6) is 0.881. The minimum absolute atomic E-state index is 0.0425. The fraction of sp³-hybridized carbons (Fsp3) is 0.118. The first-order valence-corrected chi connectivity index (χ1v) is 6.38. The number of hydrogen-bond acceptors (Lipinski definition) is 4. The van der Waals surface area contributed by atoms with Crippen LogP contribution in [0.25, 0.3) is 6.08 Å². The molecule has 0 saturated carbocycles. The maximum atomic E-state index is 12.1. The summed E-state index contributed by atoms with van der Waals surface area (Å²) in [7, 11) is 3.11. The molecule has 0 bridgehead atoms. The van der Waals surface area contributed by atoms with Crippen molar-refractivity contribution in [3.8, 4) is 17.2 Å². The highest BCUT2D eigenvalue weighted by Crippen LogP contribution is 2.29. The Kier molecular flexibility index (Phi) is 4.61. The monoisotopic (exact) mass is 284 g/mol. The average molecular weight is 284 g/mol. The highest BCUT2D eigenvalue weighted by molar-refractivity contribution is 6.08. The van der Waals surface area contributed by atoms with E-state index in [0.29, 0.717) is 17.1 Å². The molecule has 108 valence electrons. The molecule has 21 heavy (non-hydrogen) atoms. The number of phenolic OH excluding ortho intramolecular Hbond substituents is 1. The molecule has 4 nitrogen and oxygen atoms in total. The van der Waals surface area contributed by atoms with Gasteiger partial charge < -0.3 is 14.6 Å². The summed E-state index contributed by atoms with van der Waals surface area (Å²) < 4.78 is 10.5. The SMILES string of the molecule is COc1cccc(OC)c1/C=C\C(=O)c1ccccc1O. The van der Waals surface area contributed by atoms with Gasteiger partial charge in [0.15, 0.2) is 5.78 Å². The fourth-order valence-electron chi connectivity index (χ4n) is 1.97. The van der Waals surface area contributed by atoms with Crippen LogP contribution in [0.1, 0.15) is 15.9 Å². The summed E-state index contributed by atoms with van der Waals surface area (Å²) in [6.45, 7) is 0. The summed E-state index contributed by atoms with van der Waals surface area (Å²) in [6, 6.07) is 11.8. The number of phenols is 1. The van der Waals surface area contributed by atoms with E-state index in [1.54, 1.807) is 56.7 Å². The lowest BCUT2D eigenvalue weighted by atomic mass is 10.1. The Balaban J connectivity index is 2.34. The molecule has 0 aliphatic carbocycles. The van der Waals surface area contributed by atoms with Gasteiger partial charge in [-0.1, -0.05) is 18.2 Å². The molecule has 2 rings (SSSR count). The van der Waals surface area contributed by atoms with Crippen molar-refractivity contribution < 1.29 is 19.4 Å². The van der Waals surface area contributed by atoms with Gasteiger partial charge >= 0.3 is 0 Å². The van der Waals surface area contributed by atoms with Gasteiger partial charge in [0.1, 0.15) is 17.2 Å². The van der Waals surface area contributed by atoms with Crippen LogP contribution in [-0.2, 0) is 0 Å². The topological polar surface area (TPSA) is 55.8 Å². The number of rotatable bonds is 5. The zero-order valence-electron chi connectivity index (χ0n) is 11.9. The molecule has 0 spiro atoms. The molecule has 2 aromatic carbocycles. The first-order chi connectivity index (χ1) is 10.2. The summed E-state index contributed by atoms with van der Waals surface area (Å²) in [4.78, 5) is 12.1. The quantitative estimate of drug-likeness (QED) is 0.676. The van der Waals surface area contributed by atoms with Crippen molar-refractivity contribution in [2.75, 3.05) is 14.2 Å². The first kappa shape index (κ1) is 14.7. The van der Waals surface area contributed by atoms with Crippen molar-refractivity contribution in [3.63, 3.8) is 0 Å². The van der Waals surface area contributed by atoms with Crippen molar-refractivity contribution in [2.24, 2.45) is 0 Å². The third kappa shape index (κ3) is 3.23. The van der Waals surface area contributed by atoms with Crippen molar-refractivity contribution in [3.05, 3.63) is 59.7 Å². The second-order valence-corrected chi connectivity index (χ2v) is 4.29. The average Bonchev–Trinajstić information content (AvgIpc) is 2.52. The Morgan fingerprint density at radius 3 is 2.19 bits per heavy atom. The largest absolute Gasteiger partial charge is 0.507 e. The number of methoxy groups -OCH3 is 2. The van der Waals surface area contributed by atoms with E-state index in [2.05, 4.69) is 0 Å². The number of hydrogen-bond donors (Lipinski definition) is 1. The predicted molar refractivity (Wildman–Crippen MR) is 81.0 cm³/mol. The molecule has 4 heteroatoms. The van der Waals surface area contributed by atoms with Gasteiger partial charge in [0.2, 0.25) is 0 Å². The van der Waals surface area contributed by atoms with Crippen LogP contribution >= 0.6 is 0 Å². The Morgan fingerprint density at radius 1 is 1.00 bits per heavy atom. The fourth-order valence-corrected chi connectivity index (χ4v) is 1.97. The van der Waals surface area contributed by atoms with Gasteiger partial charge in [-0.2, -0.15) is 0 Å². The van der Waals surface area contributed by atoms with Gasteiger partial charge in [0.25, 0.3) is 0 Å². The Labute approximate surface area is 123 Å². The molecule has 0 amide bonds. The highest BCUT2D eigenvalue weighted by atomic mass is 16.5. The molecule has 0 atom stereocenters. The van der Waals surface area contributed by atoms with E-state index < -0.39 is 0 Å². The second kappa shape index (κ2) is 6.61. The number of para-hydroxylation sites is 1. The second-order valence-electron chi connectivity index (χ2n) is 4.29. The highest BCUT2D eigenvalue weighted by Gasteiger charge is 2.09. The standard InChI is InChI=1S/C17H16O4/c1-20-16-8-5-9-17(21-2)13(16)10-11-15(19)12-6-3-4-7-14(12)18/h3-11,18H,1-2H3/b11-10-. The van der Waals surface area contributed by atoms with E-state index >= 15 is 0 Å². The number of carbonyl (C=O) groups excluding carboxylic acids is 1. The van der Waals surface area contributed by atoms with Crippen LogP contribution in [0.4, 0.5) is 0 Å². The summed E-state index contributed by atoms with van der Waals surface area (Å²) >= 11 is 0. The van der Waals surface area contributed by atoms with Gasteiger partial charge in [-0.25, -0.2) is 0 Å². The first-order valence-electron chi connectivity index (χ1n) is 6.38. The van der Waals surface area contributed by atoms with E-state index in [4.69, 9.17) is 9.47 Å². The van der Waals surface area contributed by atoms with E-state index in [9.17, 15) is 9.90 Å². The summed E-state index contributed by atoms with van der Waals surface area (Å²) in [5.41, 5.74) is 0.925. The smallest absolute Gasteiger partial charge is 0.189 e. The molecule has 0 heterocycles. The predicted octanol–water partition coefficient (Wildman–Crippen LogP) is 3.31. The van der Waals surface area contributed by atoms with Crippen molar-refractivity contribution in [1.29, 1.82) is 0 Å². The maximum Gasteiger partial charge on any atom is 0.189 e. The van der Waals surface area contributed by atoms with Crippen LogP contribution in [0.3, 0.4) is 0 Å². The summed E-state index contributed by atoms with van der Waals surface area (Å²) in [5, 5.41) is 9.68. The molecule has 0 radical (unpaired) electrons. The van der Waals surface area contributed by atoms with Gasteiger partial charge in [0, 0.05) is 0 Å². The molecule has 1 N–H and O–H groups in total. The van der Waals surface area contributed by atoms with Crippen molar-refractivity contribution >= 4 is 11.9 Å². The van der Waals surface area contributed by atoms with Crippen LogP contribution in [0.15, 0.2) is 48.5 Å². The van der Waals surface area contributed by atoms with Crippen LogP contribution in [0.2, 0.25) is 0 Å². The number of benzene rings is 2. The number of carbonyl (C=O) groups is 1. The maximum absolute atomic E-state index is 12.1. The zero-order valence-corrected chi connectivity index (χ0v) is 11.9. The molecule has 0 aromatic heterocycles. The third-order valence-electron chi connectivity index (χ3n) is 3.04. The van der Waals surface area contributed by atoms with Gasteiger partial charge in [-0.05, 0) is 36.4 Å². The van der Waals surface area contributed by atoms with Gasteiger partial charge in [-0.15, -0.1) is 0 Å². The van der Waals surface area contributed by atoms with E-state index in [1.807, 2.05) is 0 Å². The van der Waals surface area contributed by atoms with Crippen molar-refractivity contribution in [1.82, 2.24) is 0 Å². The zero-order chi connectivity index (χ0) is 15.2. The van der Waals surface area contributed by atoms with Crippen LogP contribution in [0.5, 0.6) is 17.2 Å². The summed E-state index contributed by atoms with van der Waals surface area (Å²) in [6.07, 6.45) is 3.00. The molecular formula is C17H16O4. The van der Waals surface area contributed by atoms with Crippen LogP contribution in [0, 0.1) is 0 Å². The lowest BCUT2D eigenvalue weighted by Crippen LogP contribution is -1.96. The lowest BCUT2D eigenvalue weighted by molar-refractivity contribution is 0.104. The van der Waals surface area contributed by atoms with Gasteiger partial charge in [0.05, 0.1) is 25.3 Å². The lowest BCUT2D eigenvalue weighted by Gasteiger charge is -2.09. The third-order valence-corrected chi connectivity index (χ3v) is 3.04. The minimum Gasteiger partial charge on any atom is -0.507 e. The number of allylic oxidation sites excluding steroid dienone is 1. The minimum atomic E-state index is -0.291. The normalized spacial score (nSPS) is 10.6. The van der Waals surface area contributed by atoms with Crippen LogP contribution in [-0.4, -0.2) is 25.1 Å².